The summed E-state index contributed by atoms with van der Waals surface area (Å²) in [4.78, 5) is 61.2. The number of anilines is 1. The normalized spacial score (nSPS) is 12.0. The van der Waals surface area contributed by atoms with Crippen LogP contribution in [-0.2, 0) is 32.3 Å². The maximum atomic E-state index is 13.2. The summed E-state index contributed by atoms with van der Waals surface area (Å²) in [5, 5.41) is 16.2. The fourth-order valence-corrected chi connectivity index (χ4v) is 4.24. The lowest BCUT2D eigenvalue weighted by atomic mass is 9.90. The molecule has 3 rings (SSSR count). The molecule has 0 aliphatic heterocycles. The third kappa shape index (κ3) is 10.2. The Morgan fingerprint density at radius 3 is 2.09 bits per heavy atom. The fraction of sp³-hybridized carbons (Fsp3) is 0.273. The number of hydrogen-bond donors (Lipinski definition) is 2. The first-order valence-electron chi connectivity index (χ1n) is 14.0. The molecule has 230 valence electrons. The van der Waals surface area contributed by atoms with Crippen LogP contribution in [0.4, 0.5) is 16.2 Å². The Labute approximate surface area is 255 Å². The number of ketones is 1. The number of non-ortho nitro benzene ring substituents is 1. The number of nitro groups is 1. The second-order valence-electron chi connectivity index (χ2n) is 10.4. The second kappa shape index (κ2) is 16.4. The summed E-state index contributed by atoms with van der Waals surface area (Å²) in [6.07, 6.45) is 0.976. The summed E-state index contributed by atoms with van der Waals surface area (Å²) < 4.78 is 10.5. The Bertz CT molecular complexity index is 1450. The number of Topliss-reactive ketones (excluding diaryl/α,β-unsaturated/α-hetero) is 1. The number of amides is 2. The monoisotopic (exact) mass is 601 g/mol. The Kier molecular flexibility index (Phi) is 12.3. The number of nitrogens with one attached hydrogen (secondary N) is 2. The summed E-state index contributed by atoms with van der Waals surface area (Å²) in [6.45, 7) is 7.32. The zero-order valence-corrected chi connectivity index (χ0v) is 24.6. The van der Waals surface area contributed by atoms with Gasteiger partial charge in [-0.25, -0.2) is 9.59 Å². The minimum atomic E-state index is -0.841. The molecule has 0 unspecified atom stereocenters. The minimum absolute atomic E-state index is 0.0466. The van der Waals surface area contributed by atoms with E-state index < -0.39 is 28.9 Å². The van der Waals surface area contributed by atoms with Crippen LogP contribution in [0.15, 0.2) is 91.5 Å². The molecule has 0 aliphatic rings. The lowest BCUT2D eigenvalue weighted by Crippen LogP contribution is -2.45. The van der Waals surface area contributed by atoms with Crippen LogP contribution in [0.1, 0.15) is 48.2 Å². The minimum Gasteiger partial charge on any atom is -0.457 e. The molecule has 0 aliphatic carbocycles. The van der Waals surface area contributed by atoms with Crippen molar-refractivity contribution in [2.24, 2.45) is 11.8 Å². The van der Waals surface area contributed by atoms with E-state index in [2.05, 4.69) is 17.2 Å². The highest BCUT2D eigenvalue weighted by Crippen LogP contribution is 2.19. The van der Waals surface area contributed by atoms with Crippen molar-refractivity contribution in [1.29, 1.82) is 0 Å². The number of esters is 1. The van der Waals surface area contributed by atoms with Gasteiger partial charge in [-0.1, -0.05) is 62.4 Å². The van der Waals surface area contributed by atoms with E-state index in [0.717, 1.165) is 5.56 Å². The van der Waals surface area contributed by atoms with Gasteiger partial charge in [0.15, 0.2) is 5.78 Å². The van der Waals surface area contributed by atoms with E-state index in [1.807, 2.05) is 30.3 Å². The molecule has 0 heterocycles. The topological polar surface area (TPSA) is 154 Å². The molecule has 0 aromatic heterocycles. The summed E-state index contributed by atoms with van der Waals surface area (Å²) in [7, 11) is 0. The van der Waals surface area contributed by atoms with Crippen molar-refractivity contribution in [2.75, 3.05) is 5.32 Å². The number of allylic oxidation sites excluding steroid dienone is 1. The van der Waals surface area contributed by atoms with Crippen LogP contribution in [-0.4, -0.2) is 34.7 Å². The standard InChI is InChI=1S/C33H35N3O8/c1-4-8-26(19-29(37)30(22(2)3)35-33(40)44-21-23-9-6-5-7-10-23)31(38)34-27-15-11-24(12-16-27)20-43-32(39)25-13-17-28(18-14-25)36(41)42/h4-7,9-18,22,26,30H,1,8,19-21H2,2-3H3,(H,34,38)(H,35,40)/t26-,30+/m1/s1. The van der Waals surface area contributed by atoms with Crippen LogP contribution in [0.5, 0.6) is 0 Å². The van der Waals surface area contributed by atoms with Gasteiger partial charge in [0.25, 0.3) is 5.69 Å². The van der Waals surface area contributed by atoms with E-state index in [4.69, 9.17) is 9.47 Å². The summed E-state index contributed by atoms with van der Waals surface area (Å²) in [5.74, 6) is -2.27. The Morgan fingerprint density at radius 2 is 1.50 bits per heavy atom. The van der Waals surface area contributed by atoms with Gasteiger partial charge in [0.05, 0.1) is 16.5 Å². The van der Waals surface area contributed by atoms with E-state index in [1.54, 1.807) is 44.2 Å². The lowest BCUT2D eigenvalue weighted by Gasteiger charge is -2.23. The third-order valence-corrected chi connectivity index (χ3v) is 6.67. The molecule has 2 N–H and O–H groups in total. The molecule has 0 spiro atoms. The quantitative estimate of drug-likeness (QED) is 0.0932. The van der Waals surface area contributed by atoms with Crippen molar-refractivity contribution in [3.8, 4) is 0 Å². The zero-order valence-electron chi connectivity index (χ0n) is 24.6. The summed E-state index contributed by atoms with van der Waals surface area (Å²) >= 11 is 0. The lowest BCUT2D eigenvalue weighted by molar-refractivity contribution is -0.384. The Morgan fingerprint density at radius 1 is 0.886 bits per heavy atom. The Hall–Kier alpha value is -5.32. The highest BCUT2D eigenvalue weighted by molar-refractivity contribution is 5.97. The van der Waals surface area contributed by atoms with Crippen LogP contribution in [0, 0.1) is 22.0 Å². The van der Waals surface area contributed by atoms with E-state index in [9.17, 15) is 29.3 Å². The SMILES string of the molecule is C=CC[C@H](CC(=O)[C@@H](NC(=O)OCc1ccccc1)C(C)C)C(=O)Nc1ccc(COC(=O)c2ccc([N+](=O)[O-])cc2)cc1. The van der Waals surface area contributed by atoms with Gasteiger partial charge >= 0.3 is 12.1 Å². The molecule has 2 atom stereocenters. The number of alkyl carbamates (subject to hydrolysis) is 1. The van der Waals surface area contributed by atoms with Crippen molar-refractivity contribution in [3.05, 3.63) is 118 Å². The largest absolute Gasteiger partial charge is 0.457 e. The van der Waals surface area contributed by atoms with Gasteiger partial charge in [0.1, 0.15) is 13.2 Å². The number of carbonyl (C=O) groups is 4. The molecule has 11 heteroatoms. The number of nitro benzene ring substituents is 1. The van der Waals surface area contributed by atoms with Crippen molar-refractivity contribution < 1.29 is 33.6 Å². The van der Waals surface area contributed by atoms with Crippen LogP contribution < -0.4 is 10.6 Å². The molecule has 2 amide bonds. The summed E-state index contributed by atoms with van der Waals surface area (Å²) in [5.41, 5.74) is 2.00. The van der Waals surface area contributed by atoms with Crippen molar-refractivity contribution in [1.82, 2.24) is 5.32 Å². The number of carbonyl (C=O) groups excluding carboxylic acids is 4. The van der Waals surface area contributed by atoms with Crippen molar-refractivity contribution >= 4 is 35.1 Å². The van der Waals surface area contributed by atoms with Crippen LogP contribution in [0.3, 0.4) is 0 Å². The highest BCUT2D eigenvalue weighted by Gasteiger charge is 2.29. The first-order valence-corrected chi connectivity index (χ1v) is 14.0. The van der Waals surface area contributed by atoms with Gasteiger partial charge in [-0.3, -0.25) is 19.7 Å². The van der Waals surface area contributed by atoms with Crippen molar-refractivity contribution in [3.63, 3.8) is 0 Å². The van der Waals surface area contributed by atoms with Crippen LogP contribution >= 0.6 is 0 Å². The Balaban J connectivity index is 1.53. The average molecular weight is 602 g/mol. The molecule has 0 saturated heterocycles. The maximum absolute atomic E-state index is 13.2. The number of rotatable bonds is 15. The molecular formula is C33H35N3O8. The fourth-order valence-electron chi connectivity index (χ4n) is 4.24. The molecule has 3 aromatic carbocycles. The predicted octanol–water partition coefficient (Wildman–Crippen LogP) is 5.99. The van der Waals surface area contributed by atoms with Gasteiger partial charge in [-0.05, 0) is 47.7 Å². The third-order valence-electron chi connectivity index (χ3n) is 6.67. The molecule has 11 nitrogen and oxygen atoms in total. The average Bonchev–Trinajstić information content (AvgIpc) is 3.02. The highest BCUT2D eigenvalue weighted by atomic mass is 16.6. The number of ether oxygens (including phenoxy) is 2. The zero-order chi connectivity index (χ0) is 32.1. The number of nitrogens with zero attached hydrogens (tertiary/aromatic N) is 1. The maximum Gasteiger partial charge on any atom is 0.408 e. The smallest absolute Gasteiger partial charge is 0.408 e. The molecular weight excluding hydrogens is 566 g/mol. The number of benzene rings is 3. The predicted molar refractivity (Wildman–Crippen MR) is 164 cm³/mol. The van der Waals surface area contributed by atoms with Crippen LogP contribution in [0.2, 0.25) is 0 Å². The van der Waals surface area contributed by atoms with Gasteiger partial charge in [-0.15, -0.1) is 6.58 Å². The van der Waals surface area contributed by atoms with E-state index in [-0.39, 0.29) is 54.9 Å². The van der Waals surface area contributed by atoms with Gasteiger partial charge < -0.3 is 20.1 Å². The molecule has 0 bridgehead atoms. The van der Waals surface area contributed by atoms with Gasteiger partial charge in [0, 0.05) is 30.2 Å². The molecule has 3 aromatic rings. The van der Waals surface area contributed by atoms with E-state index in [1.165, 1.54) is 24.3 Å². The van der Waals surface area contributed by atoms with E-state index in [0.29, 0.717) is 11.3 Å². The van der Waals surface area contributed by atoms with Gasteiger partial charge in [0.2, 0.25) is 5.91 Å². The second-order valence-corrected chi connectivity index (χ2v) is 10.4. The first-order chi connectivity index (χ1) is 21.1. The van der Waals surface area contributed by atoms with Crippen molar-refractivity contribution in [2.45, 2.75) is 45.9 Å². The summed E-state index contributed by atoms with van der Waals surface area (Å²) in [6, 6.07) is 20.0. The van der Waals surface area contributed by atoms with E-state index >= 15 is 0 Å². The number of hydrogen-bond acceptors (Lipinski definition) is 8. The molecule has 44 heavy (non-hydrogen) atoms. The molecule has 0 saturated carbocycles. The van der Waals surface area contributed by atoms with Gasteiger partial charge in [-0.2, -0.15) is 0 Å². The first kappa shape index (κ1) is 33.2. The molecule has 0 radical (unpaired) electrons. The van der Waals surface area contributed by atoms with Crippen LogP contribution in [0.25, 0.3) is 0 Å². The molecule has 0 fully saturated rings.